The van der Waals surface area contributed by atoms with Crippen LogP contribution in [-0.2, 0) is 0 Å². The zero-order valence-electron chi connectivity index (χ0n) is 19.9. The van der Waals surface area contributed by atoms with Gasteiger partial charge in [0.15, 0.2) is 17.5 Å². The van der Waals surface area contributed by atoms with E-state index >= 15 is 0 Å². The molecule has 0 fully saturated rings. The lowest BCUT2D eigenvalue weighted by Crippen LogP contribution is -2.00. The standard InChI is InChI=1S/C27H18ClN3.C4H7N/c28-24-16-14-19(15-17-24)22-12-7-13-23(18-22)27-30-25(20-8-3-1-4-9-20)29-26(31-27)21-10-5-2-6-11-21;1-3-5-4-2/h1-18H;3-4H,1H2,2H3. The smallest absolute Gasteiger partial charge is 0.164 e. The summed E-state index contributed by atoms with van der Waals surface area (Å²) in [4.78, 5) is 18.0. The average Bonchev–Trinajstić information content (AvgIpc) is 2.95. The van der Waals surface area contributed by atoms with Gasteiger partial charge >= 0.3 is 0 Å². The second kappa shape index (κ2) is 12.3. The highest BCUT2D eigenvalue weighted by molar-refractivity contribution is 6.30. The van der Waals surface area contributed by atoms with Crippen LogP contribution in [-0.4, -0.2) is 21.2 Å². The zero-order valence-corrected chi connectivity index (χ0v) is 20.7. The van der Waals surface area contributed by atoms with Crippen molar-refractivity contribution in [1.82, 2.24) is 15.0 Å². The quantitative estimate of drug-likeness (QED) is 0.233. The predicted octanol–water partition coefficient (Wildman–Crippen LogP) is 8.41. The van der Waals surface area contributed by atoms with Gasteiger partial charge in [-0.15, -0.1) is 0 Å². The number of benzene rings is 4. The van der Waals surface area contributed by atoms with E-state index in [0.29, 0.717) is 17.5 Å². The van der Waals surface area contributed by atoms with E-state index in [4.69, 9.17) is 26.6 Å². The minimum atomic E-state index is 0.642. The van der Waals surface area contributed by atoms with Crippen molar-refractivity contribution in [2.75, 3.05) is 0 Å². The zero-order chi connectivity index (χ0) is 25.2. The Morgan fingerprint density at radius 3 is 1.53 bits per heavy atom. The molecule has 0 N–H and O–H groups in total. The molecule has 0 aliphatic rings. The molecule has 0 aliphatic heterocycles. The van der Waals surface area contributed by atoms with Crippen LogP contribution in [0, 0.1) is 0 Å². The summed E-state index contributed by atoms with van der Waals surface area (Å²) in [7, 11) is 0. The van der Waals surface area contributed by atoms with Gasteiger partial charge in [0.1, 0.15) is 0 Å². The molecule has 0 saturated heterocycles. The van der Waals surface area contributed by atoms with Gasteiger partial charge in [-0.1, -0.05) is 109 Å². The first-order valence-electron chi connectivity index (χ1n) is 11.5. The summed E-state index contributed by atoms with van der Waals surface area (Å²) in [5.74, 6) is 1.95. The fourth-order valence-electron chi connectivity index (χ4n) is 3.52. The molecule has 5 heteroatoms. The Morgan fingerprint density at radius 2 is 1.06 bits per heavy atom. The summed E-state index contributed by atoms with van der Waals surface area (Å²) in [6.07, 6.45) is 3.19. The van der Waals surface area contributed by atoms with E-state index in [1.165, 1.54) is 6.20 Å². The number of aromatic nitrogens is 3. The fraction of sp³-hybridized carbons (Fsp3) is 0.0323. The van der Waals surface area contributed by atoms with E-state index in [1.807, 2.05) is 104 Å². The Balaban J connectivity index is 0.000000556. The van der Waals surface area contributed by atoms with Crippen molar-refractivity contribution in [2.45, 2.75) is 6.92 Å². The first-order chi connectivity index (χ1) is 17.7. The first-order valence-corrected chi connectivity index (χ1v) is 11.9. The largest absolute Gasteiger partial charge is 0.270 e. The van der Waals surface area contributed by atoms with Gasteiger partial charge < -0.3 is 0 Å². The minimum absolute atomic E-state index is 0.642. The molecule has 0 atom stereocenters. The van der Waals surface area contributed by atoms with E-state index in [0.717, 1.165) is 32.8 Å². The summed E-state index contributed by atoms with van der Waals surface area (Å²) in [5, 5.41) is 0.720. The Morgan fingerprint density at radius 1 is 0.583 bits per heavy atom. The Kier molecular flexibility index (Phi) is 8.47. The number of hydrogen-bond acceptors (Lipinski definition) is 4. The molecule has 5 aromatic rings. The van der Waals surface area contributed by atoms with Gasteiger partial charge in [0.2, 0.25) is 0 Å². The highest BCUT2D eigenvalue weighted by Crippen LogP contribution is 2.28. The molecule has 176 valence electrons. The van der Waals surface area contributed by atoms with Crippen LogP contribution in [0.15, 0.2) is 127 Å². The van der Waals surface area contributed by atoms with Crippen molar-refractivity contribution in [3.63, 3.8) is 0 Å². The third-order valence-corrected chi connectivity index (χ3v) is 5.50. The maximum Gasteiger partial charge on any atom is 0.164 e. The van der Waals surface area contributed by atoms with E-state index in [2.05, 4.69) is 23.7 Å². The van der Waals surface area contributed by atoms with Crippen LogP contribution in [0.3, 0.4) is 0 Å². The first kappa shape index (κ1) is 24.7. The van der Waals surface area contributed by atoms with E-state index in [-0.39, 0.29) is 0 Å². The van der Waals surface area contributed by atoms with E-state index in [1.54, 1.807) is 6.21 Å². The average molecular weight is 489 g/mol. The Bertz CT molecular complexity index is 1390. The predicted molar refractivity (Wildman–Crippen MR) is 151 cm³/mol. The van der Waals surface area contributed by atoms with Gasteiger partial charge in [-0.2, -0.15) is 0 Å². The van der Waals surface area contributed by atoms with Crippen LogP contribution in [0.5, 0.6) is 0 Å². The maximum absolute atomic E-state index is 6.05. The summed E-state index contributed by atoms with van der Waals surface area (Å²) in [6, 6.07) is 36.0. The lowest BCUT2D eigenvalue weighted by atomic mass is 10.0. The van der Waals surface area contributed by atoms with Gasteiger partial charge in [-0.05, 0) is 36.2 Å². The van der Waals surface area contributed by atoms with Crippen molar-refractivity contribution in [2.24, 2.45) is 4.99 Å². The maximum atomic E-state index is 6.05. The van der Waals surface area contributed by atoms with Crippen LogP contribution >= 0.6 is 11.6 Å². The molecule has 36 heavy (non-hydrogen) atoms. The van der Waals surface area contributed by atoms with Gasteiger partial charge in [0.05, 0.1) is 0 Å². The third kappa shape index (κ3) is 6.38. The molecule has 4 nitrogen and oxygen atoms in total. The van der Waals surface area contributed by atoms with Gasteiger partial charge in [0.25, 0.3) is 0 Å². The van der Waals surface area contributed by atoms with Crippen molar-refractivity contribution in [1.29, 1.82) is 0 Å². The molecule has 0 radical (unpaired) electrons. The lowest BCUT2D eigenvalue weighted by Gasteiger charge is -2.09. The number of aliphatic imine (C=N–C) groups is 1. The molecule has 0 spiro atoms. The number of halogens is 1. The van der Waals surface area contributed by atoms with Crippen LogP contribution in [0.25, 0.3) is 45.3 Å². The van der Waals surface area contributed by atoms with Gasteiger partial charge in [-0.25, -0.2) is 15.0 Å². The molecule has 0 amide bonds. The molecule has 4 aromatic carbocycles. The van der Waals surface area contributed by atoms with Crippen molar-refractivity contribution in [3.05, 3.63) is 127 Å². The Labute approximate surface area is 216 Å². The van der Waals surface area contributed by atoms with Crippen LogP contribution in [0.2, 0.25) is 5.02 Å². The molecule has 1 heterocycles. The van der Waals surface area contributed by atoms with Crippen molar-refractivity contribution in [3.8, 4) is 45.3 Å². The number of hydrogen-bond donors (Lipinski definition) is 0. The number of nitrogens with zero attached hydrogens (tertiary/aromatic N) is 4. The van der Waals surface area contributed by atoms with Crippen LogP contribution in [0.4, 0.5) is 0 Å². The Hall–Kier alpha value is -4.41. The topological polar surface area (TPSA) is 51.0 Å². The highest BCUT2D eigenvalue weighted by Gasteiger charge is 2.12. The molecule has 0 aliphatic carbocycles. The van der Waals surface area contributed by atoms with Crippen molar-refractivity contribution >= 4 is 17.8 Å². The third-order valence-electron chi connectivity index (χ3n) is 5.25. The molecule has 0 saturated carbocycles. The summed E-state index contributed by atoms with van der Waals surface area (Å²) in [6.45, 7) is 5.20. The summed E-state index contributed by atoms with van der Waals surface area (Å²) in [5.41, 5.74) is 5.02. The molecule has 0 bridgehead atoms. The normalized spacial score (nSPS) is 10.5. The second-order valence-electron chi connectivity index (χ2n) is 7.72. The molecule has 1 aromatic heterocycles. The fourth-order valence-corrected chi connectivity index (χ4v) is 3.65. The summed E-state index contributed by atoms with van der Waals surface area (Å²) >= 11 is 6.05. The lowest BCUT2D eigenvalue weighted by molar-refractivity contribution is 1.07. The van der Waals surface area contributed by atoms with Gasteiger partial charge in [-0.3, -0.25) is 4.99 Å². The van der Waals surface area contributed by atoms with Crippen LogP contribution in [0.1, 0.15) is 6.92 Å². The summed E-state index contributed by atoms with van der Waals surface area (Å²) < 4.78 is 0. The van der Waals surface area contributed by atoms with Crippen LogP contribution < -0.4 is 0 Å². The monoisotopic (exact) mass is 488 g/mol. The molecular weight excluding hydrogens is 464 g/mol. The number of rotatable bonds is 5. The highest BCUT2D eigenvalue weighted by atomic mass is 35.5. The van der Waals surface area contributed by atoms with E-state index < -0.39 is 0 Å². The van der Waals surface area contributed by atoms with E-state index in [9.17, 15) is 0 Å². The molecule has 5 rings (SSSR count). The van der Waals surface area contributed by atoms with Gasteiger partial charge in [0, 0.05) is 34.1 Å². The molecular formula is C31H25ClN4. The second-order valence-corrected chi connectivity index (χ2v) is 8.15. The SMILES string of the molecule is C=CN=CC.Clc1ccc(-c2cccc(-c3nc(-c4ccccc4)nc(-c4ccccc4)n3)c2)cc1. The molecule has 0 unspecified atom stereocenters. The minimum Gasteiger partial charge on any atom is -0.270 e. The van der Waals surface area contributed by atoms with Crippen molar-refractivity contribution < 1.29 is 0 Å².